The molecule has 0 aliphatic heterocycles. The van der Waals surface area contributed by atoms with E-state index in [1.807, 2.05) is 6.92 Å². The second kappa shape index (κ2) is 5.73. The molecule has 2 N–H and O–H groups in total. The molecule has 1 aromatic rings. The Balaban J connectivity index is 2.83. The van der Waals surface area contributed by atoms with E-state index < -0.39 is 10.0 Å². The van der Waals surface area contributed by atoms with Crippen LogP contribution in [-0.4, -0.2) is 8.42 Å². The Labute approximate surface area is 111 Å². The fraction of sp³-hybridized carbons (Fsp3) is 0.200. The molecule has 94 valence electrons. The molecule has 4 nitrogen and oxygen atoms in total. The van der Waals surface area contributed by atoms with Crippen LogP contribution in [0.3, 0.4) is 0 Å². The second-order valence-electron chi connectivity index (χ2n) is 3.43. The van der Waals surface area contributed by atoms with E-state index in [2.05, 4.69) is 10.3 Å². The quantitative estimate of drug-likeness (QED) is 0.839. The van der Waals surface area contributed by atoms with Crippen molar-refractivity contribution in [3.05, 3.63) is 40.0 Å². The summed E-state index contributed by atoms with van der Waals surface area (Å²) in [4.78, 5) is 2.33. The maximum atomic E-state index is 11.8. The molecule has 0 unspecified atom stereocenters. The predicted molar refractivity (Wildman–Crippen MR) is 69.0 cm³/mol. The van der Waals surface area contributed by atoms with Gasteiger partial charge in [-0.3, -0.25) is 0 Å². The third kappa shape index (κ3) is 4.20. The lowest BCUT2D eigenvalue weighted by Gasteiger charge is -2.09. The third-order valence-corrected chi connectivity index (χ3v) is 3.82. The summed E-state index contributed by atoms with van der Waals surface area (Å²) < 4.78 is 23.5. The highest BCUT2D eigenvalue weighted by Gasteiger charge is 2.13. The first kappa shape index (κ1) is 14.3. The third-order valence-electron chi connectivity index (χ3n) is 1.99. The molecule has 0 heterocycles. The van der Waals surface area contributed by atoms with Crippen molar-refractivity contribution >= 4 is 33.2 Å². The SMILES string of the molecule is CC(NNS(=O)(=O)c1ccc(C)cc1)=C(Cl)Cl. The van der Waals surface area contributed by atoms with Gasteiger partial charge in [-0.2, -0.15) is 0 Å². The summed E-state index contributed by atoms with van der Waals surface area (Å²) in [6.45, 7) is 3.43. The van der Waals surface area contributed by atoms with E-state index in [0.29, 0.717) is 5.70 Å². The number of hydrogen-bond donors (Lipinski definition) is 2. The minimum Gasteiger partial charge on any atom is -0.310 e. The van der Waals surface area contributed by atoms with Crippen LogP contribution in [0.1, 0.15) is 12.5 Å². The zero-order valence-electron chi connectivity index (χ0n) is 9.29. The Hall–Kier alpha value is -0.750. The summed E-state index contributed by atoms with van der Waals surface area (Å²) in [6.07, 6.45) is 0. The van der Waals surface area contributed by atoms with Gasteiger partial charge in [0.15, 0.2) is 0 Å². The molecule has 0 atom stereocenters. The summed E-state index contributed by atoms with van der Waals surface area (Å²) >= 11 is 10.9. The number of aryl methyl sites for hydroxylation is 1. The molecule has 0 amide bonds. The molecule has 0 aliphatic rings. The van der Waals surface area contributed by atoms with Crippen LogP contribution < -0.4 is 10.3 Å². The number of rotatable bonds is 4. The van der Waals surface area contributed by atoms with Crippen LogP contribution in [0.15, 0.2) is 39.3 Å². The zero-order valence-corrected chi connectivity index (χ0v) is 11.6. The van der Waals surface area contributed by atoms with Gasteiger partial charge in [-0.05, 0) is 26.0 Å². The molecule has 0 aromatic heterocycles. The van der Waals surface area contributed by atoms with Crippen LogP contribution >= 0.6 is 23.2 Å². The highest BCUT2D eigenvalue weighted by atomic mass is 35.5. The van der Waals surface area contributed by atoms with Gasteiger partial charge in [0.2, 0.25) is 0 Å². The lowest BCUT2D eigenvalue weighted by molar-refractivity contribution is 0.571. The van der Waals surface area contributed by atoms with Gasteiger partial charge in [0, 0.05) is 0 Å². The number of hydrazine groups is 1. The molecular formula is C10H12Cl2N2O2S. The van der Waals surface area contributed by atoms with Gasteiger partial charge >= 0.3 is 0 Å². The Morgan fingerprint density at radius 2 is 1.71 bits per heavy atom. The van der Waals surface area contributed by atoms with Gasteiger partial charge in [0.1, 0.15) is 4.49 Å². The summed E-state index contributed by atoms with van der Waals surface area (Å²) in [5, 5.41) is 0. The van der Waals surface area contributed by atoms with E-state index in [1.54, 1.807) is 19.1 Å². The number of allylic oxidation sites excluding steroid dienone is 1. The number of halogens is 2. The standard InChI is InChI=1S/C10H12Cl2N2O2S/c1-7-3-5-9(6-4-7)17(15,16)14-13-8(2)10(11)12/h3-6,13-14H,1-2H3. The number of nitrogens with one attached hydrogen (secondary N) is 2. The van der Waals surface area contributed by atoms with Crippen molar-refractivity contribution in [3.63, 3.8) is 0 Å². The van der Waals surface area contributed by atoms with E-state index in [9.17, 15) is 8.42 Å². The number of benzene rings is 1. The normalized spacial score (nSPS) is 11.1. The van der Waals surface area contributed by atoms with Crippen molar-refractivity contribution < 1.29 is 8.42 Å². The zero-order chi connectivity index (χ0) is 13.1. The van der Waals surface area contributed by atoms with Crippen LogP contribution in [0, 0.1) is 6.92 Å². The molecule has 0 radical (unpaired) electrons. The van der Waals surface area contributed by atoms with Crippen LogP contribution in [0.25, 0.3) is 0 Å². The average molecular weight is 295 g/mol. The number of hydrogen-bond acceptors (Lipinski definition) is 3. The largest absolute Gasteiger partial charge is 0.310 e. The molecule has 0 fully saturated rings. The molecule has 0 aliphatic carbocycles. The lowest BCUT2D eigenvalue weighted by atomic mass is 10.2. The Morgan fingerprint density at radius 3 is 2.18 bits per heavy atom. The predicted octanol–water partition coefficient (Wildman–Crippen LogP) is 2.44. The van der Waals surface area contributed by atoms with E-state index in [-0.39, 0.29) is 9.39 Å². The van der Waals surface area contributed by atoms with E-state index in [0.717, 1.165) is 5.56 Å². The molecule has 0 spiro atoms. The summed E-state index contributed by atoms with van der Waals surface area (Å²) in [5.74, 6) is 0. The van der Waals surface area contributed by atoms with Crippen LogP contribution in [0.2, 0.25) is 0 Å². The highest BCUT2D eigenvalue weighted by molar-refractivity contribution is 7.89. The van der Waals surface area contributed by atoms with Crippen LogP contribution in [-0.2, 0) is 10.0 Å². The van der Waals surface area contributed by atoms with E-state index in [1.165, 1.54) is 12.1 Å². The monoisotopic (exact) mass is 294 g/mol. The molecular weight excluding hydrogens is 283 g/mol. The topological polar surface area (TPSA) is 58.2 Å². The average Bonchev–Trinajstić information content (AvgIpc) is 2.26. The second-order valence-corrected chi connectivity index (χ2v) is 6.06. The first-order valence-corrected chi connectivity index (χ1v) is 6.93. The summed E-state index contributed by atoms with van der Waals surface area (Å²) in [7, 11) is -3.62. The number of sulfonamides is 1. The van der Waals surface area contributed by atoms with Crippen LogP contribution in [0.5, 0.6) is 0 Å². The fourth-order valence-electron chi connectivity index (χ4n) is 0.967. The lowest BCUT2D eigenvalue weighted by Crippen LogP contribution is -2.36. The Morgan fingerprint density at radius 1 is 1.18 bits per heavy atom. The van der Waals surface area contributed by atoms with Crippen molar-refractivity contribution in [1.29, 1.82) is 0 Å². The van der Waals surface area contributed by atoms with Crippen molar-refractivity contribution in [2.45, 2.75) is 18.7 Å². The summed E-state index contributed by atoms with van der Waals surface area (Å²) in [6, 6.07) is 6.46. The van der Waals surface area contributed by atoms with E-state index in [4.69, 9.17) is 23.2 Å². The van der Waals surface area contributed by atoms with Gasteiger partial charge in [0.25, 0.3) is 10.0 Å². The van der Waals surface area contributed by atoms with Gasteiger partial charge in [-0.15, -0.1) is 4.83 Å². The molecule has 0 saturated carbocycles. The molecule has 7 heteroatoms. The smallest absolute Gasteiger partial charge is 0.257 e. The van der Waals surface area contributed by atoms with Gasteiger partial charge < -0.3 is 5.43 Å². The van der Waals surface area contributed by atoms with Crippen molar-refractivity contribution in [3.8, 4) is 0 Å². The highest BCUT2D eigenvalue weighted by Crippen LogP contribution is 2.12. The molecule has 1 rings (SSSR count). The van der Waals surface area contributed by atoms with Crippen molar-refractivity contribution in [2.24, 2.45) is 0 Å². The molecule has 1 aromatic carbocycles. The molecule has 0 saturated heterocycles. The Bertz CT molecular complexity index is 520. The molecule has 17 heavy (non-hydrogen) atoms. The molecule has 0 bridgehead atoms. The minimum atomic E-state index is -3.62. The first-order chi connectivity index (χ1) is 7.83. The maximum absolute atomic E-state index is 11.8. The fourth-order valence-corrected chi connectivity index (χ4v) is 1.96. The van der Waals surface area contributed by atoms with Crippen molar-refractivity contribution in [1.82, 2.24) is 10.3 Å². The minimum absolute atomic E-state index is 0.0309. The summed E-state index contributed by atoms with van der Waals surface area (Å²) in [5.41, 5.74) is 3.72. The van der Waals surface area contributed by atoms with Gasteiger partial charge in [-0.25, -0.2) is 8.42 Å². The maximum Gasteiger partial charge on any atom is 0.257 e. The first-order valence-electron chi connectivity index (χ1n) is 4.69. The van der Waals surface area contributed by atoms with Gasteiger partial charge in [0.05, 0.1) is 10.6 Å². The van der Waals surface area contributed by atoms with Crippen LogP contribution in [0.4, 0.5) is 0 Å². The van der Waals surface area contributed by atoms with Gasteiger partial charge in [-0.1, -0.05) is 40.9 Å². The van der Waals surface area contributed by atoms with E-state index >= 15 is 0 Å². The van der Waals surface area contributed by atoms with Crippen molar-refractivity contribution in [2.75, 3.05) is 0 Å². The Kier molecular flexibility index (Phi) is 4.82.